The Morgan fingerprint density at radius 1 is 1.48 bits per heavy atom. The van der Waals surface area contributed by atoms with Crippen LogP contribution < -0.4 is 10.1 Å². The van der Waals surface area contributed by atoms with Crippen molar-refractivity contribution >= 4 is 29.1 Å². The first kappa shape index (κ1) is 18.0. The van der Waals surface area contributed by atoms with Crippen LogP contribution in [0.1, 0.15) is 6.92 Å². The van der Waals surface area contributed by atoms with Crippen molar-refractivity contribution in [3.8, 4) is 5.75 Å². The number of hydrogen-bond acceptors (Lipinski definition) is 4. The molecule has 5 nitrogen and oxygen atoms in total. The van der Waals surface area contributed by atoms with Gasteiger partial charge in [0.1, 0.15) is 18.5 Å². The molecule has 2 N–H and O–H groups in total. The van der Waals surface area contributed by atoms with Crippen LogP contribution in [0.4, 0.5) is 0 Å². The second kappa shape index (κ2) is 9.10. The molecule has 1 atom stereocenters. The molecule has 0 fully saturated rings. The minimum absolute atomic E-state index is 0.0245. The highest BCUT2D eigenvalue weighted by atomic mass is 35.5. The van der Waals surface area contributed by atoms with Gasteiger partial charge in [-0.25, -0.2) is 0 Å². The summed E-state index contributed by atoms with van der Waals surface area (Å²) in [5.74, 6) is 0.397. The monoisotopic (exact) mass is 334 g/mol. The van der Waals surface area contributed by atoms with Crippen LogP contribution in [0.3, 0.4) is 0 Å². The van der Waals surface area contributed by atoms with Crippen LogP contribution in [0.5, 0.6) is 5.75 Å². The van der Waals surface area contributed by atoms with E-state index in [2.05, 4.69) is 5.32 Å². The van der Waals surface area contributed by atoms with Crippen molar-refractivity contribution in [2.75, 3.05) is 33.3 Å². The zero-order chi connectivity index (χ0) is 15.8. The predicted octanol–water partition coefficient (Wildman–Crippen LogP) is 1.80. The number of rotatable bonds is 8. The molecule has 7 heteroatoms. The number of hydrogen-bond donors (Lipinski definition) is 2. The molecule has 0 aliphatic carbocycles. The Kier molecular flexibility index (Phi) is 7.82. The van der Waals surface area contributed by atoms with Crippen molar-refractivity contribution in [2.45, 2.75) is 13.0 Å². The molecule has 118 valence electrons. The highest BCUT2D eigenvalue weighted by Gasteiger charge is 2.10. The third kappa shape index (κ3) is 6.52. The van der Waals surface area contributed by atoms with Crippen molar-refractivity contribution in [1.82, 2.24) is 10.2 Å². The molecule has 0 aliphatic rings. The van der Waals surface area contributed by atoms with Crippen LogP contribution >= 0.6 is 23.2 Å². The number of aliphatic hydroxyl groups is 1. The summed E-state index contributed by atoms with van der Waals surface area (Å²) < 4.78 is 5.40. The third-order valence-corrected chi connectivity index (χ3v) is 3.43. The molecule has 1 aromatic rings. The van der Waals surface area contributed by atoms with Crippen molar-refractivity contribution in [3.05, 3.63) is 28.2 Å². The number of amides is 1. The fraction of sp³-hybridized carbons (Fsp3) is 0.500. The van der Waals surface area contributed by atoms with Gasteiger partial charge in [-0.15, -0.1) is 0 Å². The van der Waals surface area contributed by atoms with Crippen molar-refractivity contribution in [3.63, 3.8) is 0 Å². The van der Waals surface area contributed by atoms with E-state index in [1.54, 1.807) is 30.1 Å². The minimum atomic E-state index is -0.750. The standard InChI is InChI=1S/C14H20Cl2N2O3/c1-3-18(2)14(20)8-17-7-11(19)9-21-13-6-10(15)4-5-12(13)16/h4-6,11,17,19H,3,7-9H2,1-2H3. The van der Waals surface area contributed by atoms with Crippen LogP contribution in [0, 0.1) is 0 Å². The van der Waals surface area contributed by atoms with Gasteiger partial charge in [0, 0.05) is 31.2 Å². The molecule has 1 unspecified atom stereocenters. The van der Waals surface area contributed by atoms with Gasteiger partial charge < -0.3 is 20.1 Å². The van der Waals surface area contributed by atoms with E-state index < -0.39 is 6.10 Å². The molecule has 0 radical (unpaired) electrons. The summed E-state index contributed by atoms with van der Waals surface area (Å²) in [5.41, 5.74) is 0. The van der Waals surface area contributed by atoms with E-state index in [1.807, 2.05) is 6.92 Å². The Balaban J connectivity index is 2.29. The summed E-state index contributed by atoms with van der Waals surface area (Å²) in [6.45, 7) is 3.04. The van der Waals surface area contributed by atoms with Crippen molar-refractivity contribution in [2.24, 2.45) is 0 Å². The fourth-order valence-corrected chi connectivity index (χ4v) is 1.82. The van der Waals surface area contributed by atoms with Crippen molar-refractivity contribution in [1.29, 1.82) is 0 Å². The summed E-state index contributed by atoms with van der Waals surface area (Å²) in [6, 6.07) is 4.87. The van der Waals surface area contributed by atoms with E-state index in [-0.39, 0.29) is 25.6 Å². The van der Waals surface area contributed by atoms with Gasteiger partial charge in [0.15, 0.2) is 0 Å². The summed E-state index contributed by atoms with van der Waals surface area (Å²) >= 11 is 11.8. The van der Waals surface area contributed by atoms with E-state index in [0.29, 0.717) is 22.3 Å². The van der Waals surface area contributed by atoms with E-state index in [0.717, 1.165) is 0 Å². The lowest BCUT2D eigenvalue weighted by Crippen LogP contribution is -2.39. The van der Waals surface area contributed by atoms with E-state index in [4.69, 9.17) is 27.9 Å². The Morgan fingerprint density at radius 3 is 2.86 bits per heavy atom. The van der Waals surface area contributed by atoms with Gasteiger partial charge in [0.05, 0.1) is 11.6 Å². The molecule has 21 heavy (non-hydrogen) atoms. The molecule has 0 heterocycles. The lowest BCUT2D eigenvalue weighted by molar-refractivity contribution is -0.128. The molecule has 0 saturated carbocycles. The van der Waals surface area contributed by atoms with Gasteiger partial charge >= 0.3 is 0 Å². The number of likely N-dealkylation sites (N-methyl/N-ethyl adjacent to an activating group) is 1. The van der Waals surface area contributed by atoms with Gasteiger partial charge in [-0.2, -0.15) is 0 Å². The molecule has 0 bridgehead atoms. The number of benzene rings is 1. The SMILES string of the molecule is CCN(C)C(=O)CNCC(O)COc1cc(Cl)ccc1Cl. The first-order valence-electron chi connectivity index (χ1n) is 6.64. The largest absolute Gasteiger partial charge is 0.489 e. The summed E-state index contributed by atoms with van der Waals surface area (Å²) in [4.78, 5) is 13.1. The van der Waals surface area contributed by atoms with Gasteiger partial charge in [-0.3, -0.25) is 4.79 Å². The zero-order valence-corrected chi connectivity index (χ0v) is 13.6. The topological polar surface area (TPSA) is 61.8 Å². The van der Waals surface area contributed by atoms with Crippen LogP contribution in [-0.2, 0) is 4.79 Å². The molecule has 0 saturated heterocycles. The molecule has 1 amide bonds. The lowest BCUT2D eigenvalue weighted by Gasteiger charge is -2.17. The van der Waals surface area contributed by atoms with Crippen molar-refractivity contribution < 1.29 is 14.6 Å². The van der Waals surface area contributed by atoms with Crippen LogP contribution in [-0.4, -0.2) is 55.3 Å². The van der Waals surface area contributed by atoms with E-state index >= 15 is 0 Å². The maximum atomic E-state index is 11.5. The molecule has 0 aromatic heterocycles. The number of carbonyl (C=O) groups is 1. The van der Waals surface area contributed by atoms with Gasteiger partial charge in [-0.05, 0) is 19.1 Å². The average Bonchev–Trinajstić information content (AvgIpc) is 2.47. The number of carbonyl (C=O) groups excluding carboxylic acids is 1. The fourth-order valence-electron chi connectivity index (χ4n) is 1.49. The molecule has 1 rings (SSSR count). The summed E-state index contributed by atoms with van der Waals surface area (Å²) in [6.07, 6.45) is -0.750. The maximum Gasteiger partial charge on any atom is 0.236 e. The Labute approximate surface area is 134 Å². The quantitative estimate of drug-likeness (QED) is 0.761. The summed E-state index contributed by atoms with van der Waals surface area (Å²) in [5, 5.41) is 13.6. The lowest BCUT2D eigenvalue weighted by atomic mass is 10.3. The summed E-state index contributed by atoms with van der Waals surface area (Å²) in [7, 11) is 1.73. The Morgan fingerprint density at radius 2 is 2.19 bits per heavy atom. The molecular formula is C14H20Cl2N2O3. The second-order valence-corrected chi connectivity index (χ2v) is 5.42. The minimum Gasteiger partial charge on any atom is -0.489 e. The Hall–Kier alpha value is -1.01. The van der Waals surface area contributed by atoms with Gasteiger partial charge in [-0.1, -0.05) is 23.2 Å². The number of aliphatic hydroxyl groups excluding tert-OH is 1. The van der Waals surface area contributed by atoms with E-state index in [1.165, 1.54) is 0 Å². The maximum absolute atomic E-state index is 11.5. The third-order valence-electron chi connectivity index (χ3n) is 2.88. The number of ether oxygens (including phenoxy) is 1. The van der Waals surface area contributed by atoms with E-state index in [9.17, 15) is 9.90 Å². The number of nitrogens with zero attached hydrogens (tertiary/aromatic N) is 1. The highest BCUT2D eigenvalue weighted by molar-refractivity contribution is 6.34. The van der Waals surface area contributed by atoms with Crippen LogP contribution in [0.15, 0.2) is 18.2 Å². The van der Waals surface area contributed by atoms with Gasteiger partial charge in [0.25, 0.3) is 0 Å². The van der Waals surface area contributed by atoms with Crippen LogP contribution in [0.25, 0.3) is 0 Å². The zero-order valence-electron chi connectivity index (χ0n) is 12.1. The average molecular weight is 335 g/mol. The molecule has 1 aromatic carbocycles. The molecule has 0 spiro atoms. The van der Waals surface area contributed by atoms with Gasteiger partial charge in [0.2, 0.25) is 5.91 Å². The smallest absolute Gasteiger partial charge is 0.236 e. The molecule has 0 aliphatic heterocycles. The Bertz CT molecular complexity index is 472. The number of nitrogens with one attached hydrogen (secondary N) is 1. The number of halogens is 2. The first-order valence-corrected chi connectivity index (χ1v) is 7.40. The predicted molar refractivity (Wildman–Crippen MR) is 84.1 cm³/mol. The van der Waals surface area contributed by atoms with Crippen LogP contribution in [0.2, 0.25) is 10.0 Å². The second-order valence-electron chi connectivity index (χ2n) is 4.58. The first-order chi connectivity index (χ1) is 9.93. The molecular weight excluding hydrogens is 315 g/mol. The normalized spacial score (nSPS) is 12.0. The highest BCUT2D eigenvalue weighted by Crippen LogP contribution is 2.27.